The average molecular weight is 461 g/mol. The van der Waals surface area contributed by atoms with Gasteiger partial charge in [-0.15, -0.1) is 0 Å². The van der Waals surface area contributed by atoms with Gasteiger partial charge in [0.2, 0.25) is 0 Å². The Morgan fingerprint density at radius 3 is 2.12 bits per heavy atom. The number of alkyl halides is 3. The van der Waals surface area contributed by atoms with Crippen LogP contribution in [-0.4, -0.2) is 29.9 Å². The van der Waals surface area contributed by atoms with Crippen LogP contribution < -0.4 is 15.5 Å². The van der Waals surface area contributed by atoms with E-state index in [4.69, 9.17) is 11.6 Å². The summed E-state index contributed by atoms with van der Waals surface area (Å²) in [4.78, 5) is 30.4. The molecule has 0 aliphatic carbocycles. The summed E-state index contributed by atoms with van der Waals surface area (Å²) in [6.45, 7) is 0.591. The van der Waals surface area contributed by atoms with Crippen molar-refractivity contribution in [2.24, 2.45) is 0 Å². The number of anilines is 3. The van der Waals surface area contributed by atoms with E-state index in [0.29, 0.717) is 35.2 Å². The molecular formula is C22H16ClF3N4O2. The number of hydrogen-bond donors (Lipinski definition) is 2. The first-order valence-corrected chi connectivity index (χ1v) is 9.92. The Bertz CT molecular complexity index is 1160. The Morgan fingerprint density at radius 2 is 1.50 bits per heavy atom. The number of amides is 2. The average Bonchev–Trinajstić information content (AvgIpc) is 3.02. The lowest BCUT2D eigenvalue weighted by molar-refractivity contribution is -0.137. The third kappa shape index (κ3) is 4.11. The molecule has 164 valence electrons. The first-order valence-electron chi connectivity index (χ1n) is 9.54. The number of fused-ring (bicyclic) bond motifs is 1. The van der Waals surface area contributed by atoms with Crippen LogP contribution in [0.2, 0.25) is 5.02 Å². The number of benzene rings is 2. The molecular weight excluding hydrogens is 445 g/mol. The second kappa shape index (κ2) is 8.51. The molecule has 0 spiro atoms. The number of imide groups is 1. The molecule has 2 aromatic carbocycles. The molecule has 2 amide bonds. The molecule has 2 N–H and O–H groups in total. The molecule has 0 unspecified atom stereocenters. The summed E-state index contributed by atoms with van der Waals surface area (Å²) in [6, 6.07) is 14.3. The van der Waals surface area contributed by atoms with Crippen LogP contribution in [-0.2, 0) is 6.18 Å². The van der Waals surface area contributed by atoms with Gasteiger partial charge in [-0.2, -0.15) is 13.2 Å². The van der Waals surface area contributed by atoms with Crippen molar-refractivity contribution >= 4 is 40.6 Å². The van der Waals surface area contributed by atoms with Crippen molar-refractivity contribution in [3.63, 3.8) is 0 Å². The maximum Gasteiger partial charge on any atom is 0.417 e. The number of rotatable bonds is 6. The van der Waals surface area contributed by atoms with E-state index >= 15 is 0 Å². The Morgan fingerprint density at radius 1 is 0.906 bits per heavy atom. The summed E-state index contributed by atoms with van der Waals surface area (Å²) in [7, 11) is 0. The Hall–Kier alpha value is -3.59. The maximum atomic E-state index is 12.8. The first-order chi connectivity index (χ1) is 15.3. The lowest BCUT2D eigenvalue weighted by atomic mass is 10.1. The van der Waals surface area contributed by atoms with Crippen molar-refractivity contribution in [1.82, 2.24) is 4.98 Å². The van der Waals surface area contributed by atoms with Gasteiger partial charge in [0.1, 0.15) is 5.82 Å². The maximum absolute atomic E-state index is 12.8. The third-order valence-electron chi connectivity index (χ3n) is 4.84. The highest BCUT2D eigenvalue weighted by Crippen LogP contribution is 2.34. The minimum atomic E-state index is -4.52. The van der Waals surface area contributed by atoms with Crippen molar-refractivity contribution in [2.75, 3.05) is 28.6 Å². The zero-order chi connectivity index (χ0) is 22.9. The van der Waals surface area contributed by atoms with Crippen LogP contribution in [0, 0.1) is 0 Å². The van der Waals surface area contributed by atoms with E-state index in [1.54, 1.807) is 48.5 Å². The molecule has 0 saturated heterocycles. The van der Waals surface area contributed by atoms with Gasteiger partial charge in [-0.25, -0.2) is 9.88 Å². The van der Waals surface area contributed by atoms with Crippen LogP contribution in [0.5, 0.6) is 0 Å². The molecule has 0 radical (unpaired) electrons. The van der Waals surface area contributed by atoms with Crippen LogP contribution in [0.4, 0.5) is 30.4 Å². The van der Waals surface area contributed by atoms with E-state index in [2.05, 4.69) is 15.6 Å². The van der Waals surface area contributed by atoms with Crippen molar-refractivity contribution in [3.05, 3.63) is 82.5 Å². The lowest BCUT2D eigenvalue weighted by Gasteiger charge is -2.19. The number of nitrogens with one attached hydrogen (secondary N) is 2. The van der Waals surface area contributed by atoms with Gasteiger partial charge < -0.3 is 10.6 Å². The number of halogens is 4. The van der Waals surface area contributed by atoms with E-state index in [0.717, 1.165) is 11.0 Å². The highest BCUT2D eigenvalue weighted by atomic mass is 35.5. The molecule has 0 bridgehead atoms. The molecule has 2 heterocycles. The molecule has 10 heteroatoms. The van der Waals surface area contributed by atoms with Crippen LogP contribution in [0.1, 0.15) is 26.3 Å². The lowest BCUT2D eigenvalue weighted by Crippen LogP contribution is -2.30. The number of aromatic nitrogens is 1. The fourth-order valence-electron chi connectivity index (χ4n) is 3.33. The van der Waals surface area contributed by atoms with E-state index in [-0.39, 0.29) is 17.4 Å². The molecule has 0 atom stereocenters. The van der Waals surface area contributed by atoms with Crippen molar-refractivity contribution in [2.45, 2.75) is 6.18 Å². The molecule has 3 aromatic rings. The molecule has 0 fully saturated rings. The predicted octanol–water partition coefficient (Wildman–Crippen LogP) is 5.08. The van der Waals surface area contributed by atoms with Crippen molar-refractivity contribution < 1.29 is 22.8 Å². The summed E-state index contributed by atoms with van der Waals surface area (Å²) in [5, 5.41) is 5.84. The van der Waals surface area contributed by atoms with Crippen LogP contribution in [0.3, 0.4) is 0 Å². The second-order valence-corrected chi connectivity index (χ2v) is 7.32. The van der Waals surface area contributed by atoms with Gasteiger partial charge in [0.15, 0.2) is 0 Å². The van der Waals surface area contributed by atoms with Gasteiger partial charge in [-0.05, 0) is 30.3 Å². The summed E-state index contributed by atoms with van der Waals surface area (Å²) in [6.07, 6.45) is -3.82. The summed E-state index contributed by atoms with van der Waals surface area (Å²) in [5.74, 6) is -0.687. The van der Waals surface area contributed by atoms with E-state index < -0.39 is 23.6 Å². The Kier molecular flexibility index (Phi) is 5.75. The molecule has 6 nitrogen and oxygen atoms in total. The minimum Gasteiger partial charge on any atom is -0.382 e. The zero-order valence-corrected chi connectivity index (χ0v) is 17.2. The van der Waals surface area contributed by atoms with Gasteiger partial charge >= 0.3 is 6.18 Å². The first kappa shape index (κ1) is 21.6. The fraction of sp³-hybridized carbons (Fsp3) is 0.136. The number of pyridine rings is 1. The summed E-state index contributed by atoms with van der Waals surface area (Å²) >= 11 is 5.89. The monoisotopic (exact) mass is 460 g/mol. The highest BCUT2D eigenvalue weighted by Gasteiger charge is 2.37. The molecule has 1 aromatic heterocycles. The van der Waals surface area contributed by atoms with Gasteiger partial charge in [0.05, 0.1) is 33.1 Å². The smallest absolute Gasteiger partial charge is 0.382 e. The molecule has 1 aliphatic rings. The molecule has 4 rings (SSSR count). The number of nitrogens with zero attached hydrogens (tertiary/aromatic N) is 2. The largest absolute Gasteiger partial charge is 0.417 e. The molecule has 32 heavy (non-hydrogen) atoms. The third-order valence-corrected chi connectivity index (χ3v) is 5.13. The number of para-hydroxylation sites is 2. The fourth-order valence-corrected chi connectivity index (χ4v) is 3.56. The van der Waals surface area contributed by atoms with E-state index in [1.807, 2.05) is 0 Å². The summed E-state index contributed by atoms with van der Waals surface area (Å²) < 4.78 is 38.2. The minimum absolute atomic E-state index is 0.120. The van der Waals surface area contributed by atoms with Crippen LogP contribution in [0.15, 0.2) is 60.8 Å². The van der Waals surface area contributed by atoms with E-state index in [1.165, 1.54) is 0 Å². The highest BCUT2D eigenvalue weighted by molar-refractivity contribution is 6.35. The normalized spacial score (nSPS) is 13.3. The number of carbonyl (C=O) groups is 2. The quantitative estimate of drug-likeness (QED) is 0.396. The summed E-state index contributed by atoms with van der Waals surface area (Å²) in [5.41, 5.74) is 0.717. The topological polar surface area (TPSA) is 74.3 Å². The van der Waals surface area contributed by atoms with Crippen LogP contribution >= 0.6 is 11.6 Å². The van der Waals surface area contributed by atoms with Crippen molar-refractivity contribution in [3.8, 4) is 0 Å². The molecule has 0 saturated carbocycles. The van der Waals surface area contributed by atoms with Crippen LogP contribution in [0.25, 0.3) is 0 Å². The standard InChI is InChI=1S/C22H16ClF3N4O2/c23-16-11-13(22(24,25)26)12-29-19(16)28-10-9-27-17-7-3-4-8-18(17)30-20(31)14-5-1-2-6-15(14)21(30)32/h1-8,11-12,27H,9-10H2,(H,28,29). The zero-order valence-electron chi connectivity index (χ0n) is 16.4. The van der Waals surface area contributed by atoms with Gasteiger partial charge in [0.25, 0.3) is 11.8 Å². The predicted molar refractivity (Wildman–Crippen MR) is 115 cm³/mol. The van der Waals surface area contributed by atoms with Crippen molar-refractivity contribution in [1.29, 1.82) is 0 Å². The number of carbonyl (C=O) groups excluding carboxylic acids is 2. The number of hydrogen-bond acceptors (Lipinski definition) is 5. The molecule has 1 aliphatic heterocycles. The van der Waals surface area contributed by atoms with E-state index in [9.17, 15) is 22.8 Å². The second-order valence-electron chi connectivity index (χ2n) is 6.91. The van der Waals surface area contributed by atoms with Gasteiger partial charge in [-0.1, -0.05) is 35.9 Å². The Labute approximate surface area is 186 Å². The van der Waals surface area contributed by atoms with Gasteiger partial charge in [0, 0.05) is 19.3 Å². The SMILES string of the molecule is O=C1c2ccccc2C(=O)N1c1ccccc1NCCNc1ncc(C(F)(F)F)cc1Cl. The Balaban J connectivity index is 1.43. The van der Waals surface area contributed by atoms with Gasteiger partial charge in [-0.3, -0.25) is 9.59 Å².